The Labute approximate surface area is 143 Å². The number of amides is 1. The number of carbonyl (C=O) groups excluding carboxylic acids is 2. The molecule has 2 N–H and O–H groups in total. The molecule has 0 saturated carbocycles. The molecule has 25 heavy (non-hydrogen) atoms. The van der Waals surface area contributed by atoms with Gasteiger partial charge in [0, 0.05) is 28.4 Å². The third-order valence-corrected chi connectivity index (χ3v) is 3.67. The predicted octanol–water partition coefficient (Wildman–Crippen LogP) is 2.96. The van der Waals surface area contributed by atoms with Crippen LogP contribution in [0.4, 0.5) is 5.69 Å². The van der Waals surface area contributed by atoms with Gasteiger partial charge in [-0.05, 0) is 37.3 Å². The molecule has 3 rings (SSSR count). The van der Waals surface area contributed by atoms with E-state index in [4.69, 9.17) is 4.74 Å². The Morgan fingerprint density at radius 3 is 2.60 bits per heavy atom. The summed E-state index contributed by atoms with van der Waals surface area (Å²) in [6, 6.07) is 13.7. The van der Waals surface area contributed by atoms with Crippen molar-refractivity contribution >= 4 is 28.5 Å². The first-order valence-corrected chi connectivity index (χ1v) is 7.79. The molecule has 0 aliphatic rings. The van der Waals surface area contributed by atoms with Crippen molar-refractivity contribution < 1.29 is 14.3 Å². The second-order valence-electron chi connectivity index (χ2n) is 5.33. The van der Waals surface area contributed by atoms with Gasteiger partial charge in [-0.15, -0.1) is 0 Å². The van der Waals surface area contributed by atoms with E-state index in [1.807, 2.05) is 6.07 Å². The molecule has 2 aromatic carbocycles. The van der Waals surface area contributed by atoms with Gasteiger partial charge in [-0.3, -0.25) is 9.59 Å². The van der Waals surface area contributed by atoms with Crippen molar-refractivity contribution in [1.29, 1.82) is 0 Å². The van der Waals surface area contributed by atoms with Crippen LogP contribution in [0.5, 0.6) is 0 Å². The number of ether oxygens (including phenoxy) is 1. The zero-order chi connectivity index (χ0) is 17.8. The molecule has 126 valence electrons. The molecule has 0 unspecified atom stereocenters. The normalized spacial score (nSPS) is 10.4. The molecule has 6 nitrogen and oxygen atoms in total. The molecule has 0 aliphatic carbocycles. The summed E-state index contributed by atoms with van der Waals surface area (Å²) < 4.78 is 4.88. The minimum Gasteiger partial charge on any atom is -0.462 e. The smallest absolute Gasteiger partial charge is 0.343 e. The summed E-state index contributed by atoms with van der Waals surface area (Å²) in [5.41, 5.74) is 1.03. The van der Waals surface area contributed by atoms with Crippen molar-refractivity contribution in [2.45, 2.75) is 6.92 Å². The van der Waals surface area contributed by atoms with Crippen LogP contribution in [-0.2, 0) is 4.74 Å². The van der Waals surface area contributed by atoms with Crippen LogP contribution in [0.1, 0.15) is 27.6 Å². The maximum atomic E-state index is 12.5. The number of pyridine rings is 1. The number of anilines is 1. The van der Waals surface area contributed by atoms with Crippen LogP contribution in [0.15, 0.2) is 59.5 Å². The monoisotopic (exact) mass is 336 g/mol. The molecule has 0 saturated heterocycles. The summed E-state index contributed by atoms with van der Waals surface area (Å²) in [7, 11) is 0. The number of carbonyl (C=O) groups is 2. The molecule has 1 heterocycles. The fourth-order valence-corrected chi connectivity index (χ4v) is 2.45. The first-order valence-electron chi connectivity index (χ1n) is 7.79. The van der Waals surface area contributed by atoms with Gasteiger partial charge >= 0.3 is 5.97 Å². The van der Waals surface area contributed by atoms with Crippen LogP contribution in [0, 0.1) is 0 Å². The van der Waals surface area contributed by atoms with Crippen LogP contribution in [0.25, 0.3) is 10.9 Å². The highest BCUT2D eigenvalue weighted by Gasteiger charge is 2.14. The fourth-order valence-electron chi connectivity index (χ4n) is 2.45. The van der Waals surface area contributed by atoms with Crippen LogP contribution in [0.3, 0.4) is 0 Å². The number of fused-ring (bicyclic) bond motifs is 1. The number of aromatic nitrogens is 1. The van der Waals surface area contributed by atoms with E-state index in [9.17, 15) is 14.4 Å². The van der Waals surface area contributed by atoms with Gasteiger partial charge in [-0.2, -0.15) is 0 Å². The average molecular weight is 336 g/mol. The van der Waals surface area contributed by atoms with E-state index in [1.54, 1.807) is 43.3 Å². The number of H-pyrrole nitrogens is 1. The average Bonchev–Trinajstić information content (AvgIpc) is 2.63. The van der Waals surface area contributed by atoms with E-state index >= 15 is 0 Å². The van der Waals surface area contributed by atoms with Gasteiger partial charge in [0.1, 0.15) is 5.56 Å². The molecule has 0 atom stereocenters. The van der Waals surface area contributed by atoms with Gasteiger partial charge in [-0.25, -0.2) is 4.79 Å². The lowest BCUT2D eigenvalue weighted by atomic mass is 10.1. The Balaban J connectivity index is 1.96. The molecule has 0 bridgehead atoms. The van der Waals surface area contributed by atoms with Gasteiger partial charge in [0.05, 0.1) is 6.61 Å². The summed E-state index contributed by atoms with van der Waals surface area (Å²) in [6.07, 6.45) is 1.34. The first kappa shape index (κ1) is 16.4. The first-order chi connectivity index (χ1) is 12.1. The summed E-state index contributed by atoms with van der Waals surface area (Å²) in [6.45, 7) is 1.85. The van der Waals surface area contributed by atoms with Gasteiger partial charge in [0.25, 0.3) is 5.91 Å². The highest BCUT2D eigenvalue weighted by Crippen LogP contribution is 2.16. The molecule has 0 radical (unpaired) electrons. The number of hydrogen-bond acceptors (Lipinski definition) is 4. The van der Waals surface area contributed by atoms with Crippen molar-refractivity contribution in [3.8, 4) is 0 Å². The molecule has 6 heteroatoms. The highest BCUT2D eigenvalue weighted by molar-refractivity contribution is 6.05. The lowest BCUT2D eigenvalue weighted by molar-refractivity contribution is 0.0524. The van der Waals surface area contributed by atoms with Crippen molar-refractivity contribution in [2.24, 2.45) is 0 Å². The minimum absolute atomic E-state index is 0.0686. The van der Waals surface area contributed by atoms with Crippen molar-refractivity contribution in [3.63, 3.8) is 0 Å². The number of aromatic amines is 1. The Morgan fingerprint density at radius 2 is 1.88 bits per heavy atom. The predicted molar refractivity (Wildman–Crippen MR) is 94.9 cm³/mol. The van der Waals surface area contributed by atoms with E-state index in [0.717, 1.165) is 0 Å². The Bertz CT molecular complexity index is 993. The zero-order valence-electron chi connectivity index (χ0n) is 13.5. The molecule has 1 amide bonds. The molecule has 1 aromatic heterocycles. The zero-order valence-corrected chi connectivity index (χ0v) is 13.5. The van der Waals surface area contributed by atoms with Gasteiger partial charge < -0.3 is 15.0 Å². The van der Waals surface area contributed by atoms with E-state index in [-0.39, 0.29) is 18.1 Å². The molecule has 0 aliphatic heterocycles. The Kier molecular flexibility index (Phi) is 4.61. The van der Waals surface area contributed by atoms with Crippen LogP contribution in [0.2, 0.25) is 0 Å². The largest absolute Gasteiger partial charge is 0.462 e. The van der Waals surface area contributed by atoms with E-state index in [1.165, 1.54) is 12.3 Å². The number of rotatable bonds is 4. The molecule has 3 aromatic rings. The standard InChI is InChI=1S/C19H16N2O4/c1-2-25-19(24)15-11-20-16-9-8-13(10-14(16)17(15)22)21-18(23)12-6-4-3-5-7-12/h3-11H,2H2,1H3,(H,20,22)(H,21,23). The summed E-state index contributed by atoms with van der Waals surface area (Å²) in [5.74, 6) is -0.956. The maximum absolute atomic E-state index is 12.5. The van der Waals surface area contributed by atoms with Crippen LogP contribution >= 0.6 is 0 Å². The SMILES string of the molecule is CCOC(=O)c1c[nH]c2ccc(NC(=O)c3ccccc3)cc2c1=O. The Morgan fingerprint density at radius 1 is 1.12 bits per heavy atom. The van der Waals surface area contributed by atoms with Crippen molar-refractivity contribution in [2.75, 3.05) is 11.9 Å². The number of hydrogen-bond donors (Lipinski definition) is 2. The van der Waals surface area contributed by atoms with Gasteiger partial charge in [0.15, 0.2) is 0 Å². The van der Waals surface area contributed by atoms with Crippen LogP contribution in [-0.4, -0.2) is 23.5 Å². The second kappa shape index (κ2) is 7.00. The summed E-state index contributed by atoms with van der Waals surface area (Å²) >= 11 is 0. The van der Waals surface area contributed by atoms with Crippen molar-refractivity contribution in [3.05, 3.63) is 76.1 Å². The van der Waals surface area contributed by atoms with Gasteiger partial charge in [0.2, 0.25) is 5.43 Å². The maximum Gasteiger partial charge on any atom is 0.343 e. The molecule has 0 spiro atoms. The third-order valence-electron chi connectivity index (χ3n) is 3.67. The highest BCUT2D eigenvalue weighted by atomic mass is 16.5. The lowest BCUT2D eigenvalue weighted by Gasteiger charge is -2.07. The number of benzene rings is 2. The Hall–Kier alpha value is -3.41. The number of esters is 1. The van der Waals surface area contributed by atoms with Crippen LogP contribution < -0.4 is 10.7 Å². The topological polar surface area (TPSA) is 88.3 Å². The number of nitrogens with one attached hydrogen (secondary N) is 2. The fraction of sp³-hybridized carbons (Fsp3) is 0.105. The van der Waals surface area contributed by atoms with E-state index in [2.05, 4.69) is 10.3 Å². The van der Waals surface area contributed by atoms with Gasteiger partial charge in [-0.1, -0.05) is 18.2 Å². The third kappa shape index (κ3) is 3.42. The lowest BCUT2D eigenvalue weighted by Crippen LogP contribution is -2.18. The molecular weight excluding hydrogens is 320 g/mol. The minimum atomic E-state index is -0.677. The molecule has 0 fully saturated rings. The molecular formula is C19H16N2O4. The summed E-state index contributed by atoms with van der Waals surface area (Å²) in [5, 5.41) is 3.05. The van der Waals surface area contributed by atoms with E-state index in [0.29, 0.717) is 22.2 Å². The quantitative estimate of drug-likeness (QED) is 0.717. The van der Waals surface area contributed by atoms with Crippen molar-refractivity contribution in [1.82, 2.24) is 4.98 Å². The second-order valence-corrected chi connectivity index (χ2v) is 5.33. The van der Waals surface area contributed by atoms with E-state index < -0.39 is 11.4 Å². The summed E-state index contributed by atoms with van der Waals surface area (Å²) in [4.78, 5) is 39.5.